The first-order valence-electron chi connectivity index (χ1n) is 8.03. The van der Waals surface area contributed by atoms with Crippen molar-refractivity contribution in [2.45, 2.75) is 78.4 Å². The van der Waals surface area contributed by atoms with Crippen molar-refractivity contribution in [3.05, 3.63) is 11.9 Å². The van der Waals surface area contributed by atoms with E-state index in [0.29, 0.717) is 6.04 Å². The maximum Gasteiger partial charge on any atom is 0.0965 e. The van der Waals surface area contributed by atoms with Crippen molar-refractivity contribution in [2.24, 2.45) is 11.8 Å². The normalized spacial score (nSPS) is 24.3. The van der Waals surface area contributed by atoms with E-state index in [1.165, 1.54) is 25.7 Å². The minimum absolute atomic E-state index is 0.0105. The van der Waals surface area contributed by atoms with Crippen molar-refractivity contribution in [2.75, 3.05) is 0 Å². The number of nitrogens with zero attached hydrogens (tertiary/aromatic N) is 3. The van der Waals surface area contributed by atoms with Crippen molar-refractivity contribution < 1.29 is 0 Å². The average molecular weight is 278 g/mol. The molecule has 0 radical (unpaired) electrons. The second-order valence-electron chi connectivity index (χ2n) is 7.50. The standard InChI is InChI=1S/C16H30N4/c1-12(2)14-8-6-7-9-15(14)17-10-13-11-20(19-18-13)16(3,4)5/h11-12,14-15,17H,6-10H2,1-5H3. The van der Waals surface area contributed by atoms with Crippen LogP contribution in [0.3, 0.4) is 0 Å². The minimum Gasteiger partial charge on any atom is -0.308 e. The van der Waals surface area contributed by atoms with Crippen LogP contribution < -0.4 is 5.32 Å². The van der Waals surface area contributed by atoms with Gasteiger partial charge >= 0.3 is 0 Å². The molecule has 20 heavy (non-hydrogen) atoms. The van der Waals surface area contributed by atoms with Crippen LogP contribution in [0.5, 0.6) is 0 Å². The Balaban J connectivity index is 1.92. The smallest absolute Gasteiger partial charge is 0.0965 e. The average Bonchev–Trinajstić information content (AvgIpc) is 2.85. The quantitative estimate of drug-likeness (QED) is 0.918. The monoisotopic (exact) mass is 278 g/mol. The lowest BCUT2D eigenvalue weighted by atomic mass is 9.78. The topological polar surface area (TPSA) is 42.7 Å². The molecular weight excluding hydrogens is 248 g/mol. The predicted octanol–water partition coefficient (Wildman–Crippen LogP) is 3.34. The molecule has 0 spiro atoms. The Bertz CT molecular complexity index is 416. The van der Waals surface area contributed by atoms with Crippen LogP contribution in [0.1, 0.15) is 66.0 Å². The molecule has 1 fully saturated rings. The Morgan fingerprint density at radius 2 is 2.00 bits per heavy atom. The van der Waals surface area contributed by atoms with Crippen LogP contribution in [-0.2, 0) is 12.1 Å². The van der Waals surface area contributed by atoms with Crippen LogP contribution in [-0.4, -0.2) is 21.0 Å². The third-order valence-electron chi connectivity index (χ3n) is 4.45. The van der Waals surface area contributed by atoms with Crippen molar-refractivity contribution in [1.29, 1.82) is 0 Å². The highest BCUT2D eigenvalue weighted by Crippen LogP contribution is 2.30. The third kappa shape index (κ3) is 3.81. The van der Waals surface area contributed by atoms with E-state index in [-0.39, 0.29) is 5.54 Å². The maximum atomic E-state index is 4.29. The molecule has 1 aliphatic carbocycles. The van der Waals surface area contributed by atoms with E-state index in [4.69, 9.17) is 0 Å². The van der Waals surface area contributed by atoms with Gasteiger partial charge in [0.2, 0.25) is 0 Å². The summed E-state index contributed by atoms with van der Waals surface area (Å²) < 4.78 is 1.95. The van der Waals surface area contributed by atoms with E-state index in [1.807, 2.05) is 4.68 Å². The van der Waals surface area contributed by atoms with Crippen molar-refractivity contribution in [3.63, 3.8) is 0 Å². The van der Waals surface area contributed by atoms with Gasteiger partial charge in [-0.15, -0.1) is 5.10 Å². The number of nitrogens with one attached hydrogen (secondary N) is 1. The first-order chi connectivity index (χ1) is 9.38. The highest BCUT2D eigenvalue weighted by atomic mass is 15.4. The summed E-state index contributed by atoms with van der Waals surface area (Å²) in [7, 11) is 0. The molecule has 0 aromatic carbocycles. The molecule has 114 valence electrons. The Morgan fingerprint density at radius 3 is 2.60 bits per heavy atom. The minimum atomic E-state index is 0.0105. The van der Waals surface area contributed by atoms with E-state index in [1.54, 1.807) is 0 Å². The molecule has 1 heterocycles. The second-order valence-corrected chi connectivity index (χ2v) is 7.50. The molecule has 4 nitrogen and oxygen atoms in total. The summed E-state index contributed by atoms with van der Waals surface area (Å²) in [6.45, 7) is 12.0. The van der Waals surface area contributed by atoms with Gasteiger partial charge in [-0.2, -0.15) is 0 Å². The number of hydrogen-bond donors (Lipinski definition) is 1. The molecule has 0 saturated heterocycles. The fourth-order valence-corrected chi connectivity index (χ4v) is 3.15. The molecule has 2 unspecified atom stereocenters. The van der Waals surface area contributed by atoms with Crippen LogP contribution in [0, 0.1) is 11.8 Å². The van der Waals surface area contributed by atoms with Gasteiger partial charge in [0.25, 0.3) is 0 Å². The van der Waals surface area contributed by atoms with Gasteiger partial charge in [0.05, 0.1) is 17.4 Å². The summed E-state index contributed by atoms with van der Waals surface area (Å²) in [4.78, 5) is 0. The SMILES string of the molecule is CC(C)C1CCCCC1NCc1cn(C(C)(C)C)nn1. The molecular formula is C16H30N4. The summed E-state index contributed by atoms with van der Waals surface area (Å²) in [5.74, 6) is 1.57. The molecule has 2 rings (SSSR count). The van der Waals surface area contributed by atoms with E-state index >= 15 is 0 Å². The molecule has 1 aromatic rings. The number of aromatic nitrogens is 3. The predicted molar refractivity (Wildman–Crippen MR) is 82.4 cm³/mol. The fraction of sp³-hybridized carbons (Fsp3) is 0.875. The second kappa shape index (κ2) is 6.25. The Kier molecular flexibility index (Phi) is 4.84. The van der Waals surface area contributed by atoms with Gasteiger partial charge in [-0.3, -0.25) is 0 Å². The van der Waals surface area contributed by atoms with Crippen molar-refractivity contribution in [1.82, 2.24) is 20.3 Å². The van der Waals surface area contributed by atoms with Gasteiger partial charge in [-0.1, -0.05) is 31.9 Å². The van der Waals surface area contributed by atoms with Gasteiger partial charge < -0.3 is 5.32 Å². The van der Waals surface area contributed by atoms with Crippen molar-refractivity contribution >= 4 is 0 Å². The summed E-state index contributed by atoms with van der Waals surface area (Å²) in [5, 5.41) is 12.2. The van der Waals surface area contributed by atoms with Crippen molar-refractivity contribution in [3.8, 4) is 0 Å². The largest absolute Gasteiger partial charge is 0.308 e. The van der Waals surface area contributed by atoms with Crippen LogP contribution in [0.15, 0.2) is 6.20 Å². The van der Waals surface area contributed by atoms with Crippen LogP contribution in [0.2, 0.25) is 0 Å². The Morgan fingerprint density at radius 1 is 1.30 bits per heavy atom. The zero-order chi connectivity index (χ0) is 14.8. The molecule has 0 bridgehead atoms. The fourth-order valence-electron chi connectivity index (χ4n) is 3.15. The van der Waals surface area contributed by atoms with Gasteiger partial charge in [-0.25, -0.2) is 4.68 Å². The van der Waals surface area contributed by atoms with Crippen LogP contribution in [0.4, 0.5) is 0 Å². The van der Waals surface area contributed by atoms with E-state index in [9.17, 15) is 0 Å². The third-order valence-corrected chi connectivity index (χ3v) is 4.45. The van der Waals surface area contributed by atoms with Crippen LogP contribution >= 0.6 is 0 Å². The first kappa shape index (κ1) is 15.5. The number of hydrogen-bond acceptors (Lipinski definition) is 3. The molecule has 0 aliphatic heterocycles. The van der Waals surface area contributed by atoms with E-state index in [0.717, 1.165) is 24.1 Å². The summed E-state index contributed by atoms with van der Waals surface area (Å²) in [6.07, 6.45) is 7.48. The lowest BCUT2D eigenvalue weighted by Gasteiger charge is -2.35. The van der Waals surface area contributed by atoms with Gasteiger partial charge in [0.15, 0.2) is 0 Å². The summed E-state index contributed by atoms with van der Waals surface area (Å²) >= 11 is 0. The van der Waals surface area contributed by atoms with E-state index in [2.05, 4.69) is 56.4 Å². The molecule has 1 saturated carbocycles. The lowest BCUT2D eigenvalue weighted by Crippen LogP contribution is -2.40. The zero-order valence-electron chi connectivity index (χ0n) is 13.7. The molecule has 1 N–H and O–H groups in total. The van der Waals surface area contributed by atoms with Gasteiger partial charge in [0.1, 0.15) is 0 Å². The number of rotatable bonds is 4. The van der Waals surface area contributed by atoms with E-state index < -0.39 is 0 Å². The highest BCUT2D eigenvalue weighted by molar-refractivity contribution is 4.95. The first-order valence-corrected chi connectivity index (χ1v) is 8.03. The maximum absolute atomic E-state index is 4.29. The lowest BCUT2D eigenvalue weighted by molar-refractivity contribution is 0.204. The molecule has 4 heteroatoms. The van der Waals surface area contributed by atoms with Gasteiger partial charge in [-0.05, 0) is 45.4 Å². The Hall–Kier alpha value is -0.900. The van der Waals surface area contributed by atoms with Crippen LogP contribution in [0.25, 0.3) is 0 Å². The summed E-state index contributed by atoms with van der Waals surface area (Å²) in [6, 6.07) is 0.642. The molecule has 1 aromatic heterocycles. The highest BCUT2D eigenvalue weighted by Gasteiger charge is 2.27. The molecule has 0 amide bonds. The molecule has 1 aliphatic rings. The Labute approximate surface area is 123 Å². The summed E-state index contributed by atoms with van der Waals surface area (Å²) in [5.41, 5.74) is 1.06. The molecule has 2 atom stereocenters. The van der Waals surface area contributed by atoms with Gasteiger partial charge in [0, 0.05) is 12.6 Å². The zero-order valence-corrected chi connectivity index (χ0v) is 13.7.